The molecule has 2 heteroatoms. The molecule has 3 rings (SSSR count). The SMILES string of the molecule is Cc1ccc(Br)c(C2(O)C3CCCCC32)c1. The fraction of sp³-hybridized carbons (Fsp3) is 0.571. The molecule has 2 saturated carbocycles. The van der Waals surface area contributed by atoms with Gasteiger partial charge in [0.15, 0.2) is 0 Å². The minimum absolute atomic E-state index is 0.513. The van der Waals surface area contributed by atoms with Gasteiger partial charge in [0.05, 0.1) is 5.60 Å². The molecule has 2 aliphatic rings. The van der Waals surface area contributed by atoms with Crippen LogP contribution in [-0.4, -0.2) is 5.11 Å². The number of halogens is 1. The van der Waals surface area contributed by atoms with Crippen LogP contribution in [0.2, 0.25) is 0 Å². The fourth-order valence-electron chi connectivity index (χ4n) is 3.44. The molecule has 0 saturated heterocycles. The number of fused-ring (bicyclic) bond motifs is 1. The zero-order chi connectivity index (χ0) is 11.3. The summed E-state index contributed by atoms with van der Waals surface area (Å²) >= 11 is 3.58. The van der Waals surface area contributed by atoms with E-state index in [9.17, 15) is 5.11 Å². The number of benzene rings is 1. The predicted molar refractivity (Wildman–Crippen MR) is 68.2 cm³/mol. The van der Waals surface area contributed by atoms with Crippen molar-refractivity contribution in [3.05, 3.63) is 33.8 Å². The van der Waals surface area contributed by atoms with Crippen LogP contribution in [0.15, 0.2) is 22.7 Å². The summed E-state index contributed by atoms with van der Waals surface area (Å²) in [6, 6.07) is 6.29. The van der Waals surface area contributed by atoms with Crippen LogP contribution in [0.4, 0.5) is 0 Å². The Morgan fingerprint density at radius 2 is 1.88 bits per heavy atom. The van der Waals surface area contributed by atoms with Crippen LogP contribution < -0.4 is 0 Å². The topological polar surface area (TPSA) is 20.2 Å². The van der Waals surface area contributed by atoms with E-state index in [1.54, 1.807) is 0 Å². The number of hydrogen-bond donors (Lipinski definition) is 1. The van der Waals surface area contributed by atoms with E-state index in [0.29, 0.717) is 11.8 Å². The minimum atomic E-state index is -0.526. The Kier molecular flexibility index (Phi) is 2.41. The first-order valence-corrected chi connectivity index (χ1v) is 6.92. The van der Waals surface area contributed by atoms with Crippen molar-refractivity contribution in [3.63, 3.8) is 0 Å². The van der Waals surface area contributed by atoms with E-state index in [1.807, 2.05) is 0 Å². The lowest BCUT2D eigenvalue weighted by molar-refractivity contribution is 0.117. The lowest BCUT2D eigenvalue weighted by Gasteiger charge is -2.14. The van der Waals surface area contributed by atoms with Gasteiger partial charge < -0.3 is 5.11 Å². The average Bonchev–Trinajstić information content (AvgIpc) is 2.90. The molecule has 1 nitrogen and oxygen atoms in total. The summed E-state index contributed by atoms with van der Waals surface area (Å²) in [6.07, 6.45) is 4.96. The van der Waals surface area contributed by atoms with Gasteiger partial charge in [0, 0.05) is 4.47 Å². The molecule has 0 bridgehead atoms. The maximum Gasteiger partial charge on any atom is 0.0971 e. The summed E-state index contributed by atoms with van der Waals surface area (Å²) < 4.78 is 1.06. The van der Waals surface area contributed by atoms with Crippen LogP contribution in [-0.2, 0) is 5.60 Å². The van der Waals surface area contributed by atoms with E-state index in [0.717, 1.165) is 10.0 Å². The monoisotopic (exact) mass is 280 g/mol. The van der Waals surface area contributed by atoms with Gasteiger partial charge in [0.1, 0.15) is 0 Å². The maximum atomic E-state index is 10.8. The normalized spacial score (nSPS) is 36.9. The highest BCUT2D eigenvalue weighted by Gasteiger charge is 2.65. The van der Waals surface area contributed by atoms with Crippen LogP contribution in [0.5, 0.6) is 0 Å². The third kappa shape index (κ3) is 1.39. The van der Waals surface area contributed by atoms with Gasteiger partial charge in [-0.2, -0.15) is 0 Å². The second kappa shape index (κ2) is 3.58. The molecule has 1 N–H and O–H groups in total. The van der Waals surface area contributed by atoms with Gasteiger partial charge in [-0.25, -0.2) is 0 Å². The Morgan fingerprint density at radius 1 is 1.25 bits per heavy atom. The zero-order valence-corrected chi connectivity index (χ0v) is 11.1. The van der Waals surface area contributed by atoms with Crippen LogP contribution in [0.1, 0.15) is 36.8 Å². The highest BCUT2D eigenvalue weighted by Crippen LogP contribution is 2.65. The number of aryl methyl sites for hydroxylation is 1. The molecule has 16 heavy (non-hydrogen) atoms. The highest BCUT2D eigenvalue weighted by molar-refractivity contribution is 9.10. The Balaban J connectivity index is 2.01. The van der Waals surface area contributed by atoms with Crippen molar-refractivity contribution in [3.8, 4) is 0 Å². The molecular formula is C14H17BrO. The van der Waals surface area contributed by atoms with Gasteiger partial charge in [-0.1, -0.05) is 46.5 Å². The standard InChI is InChI=1S/C14H17BrO/c1-9-6-7-13(15)12(8-9)14(16)10-4-2-3-5-11(10)14/h6-8,10-11,16H,2-5H2,1H3. The average molecular weight is 281 g/mol. The molecule has 2 atom stereocenters. The maximum absolute atomic E-state index is 10.8. The Bertz CT molecular complexity index is 415. The van der Waals surface area contributed by atoms with Crippen molar-refractivity contribution in [2.24, 2.45) is 11.8 Å². The Hall–Kier alpha value is -0.340. The molecule has 2 aliphatic carbocycles. The molecule has 0 aromatic heterocycles. The number of hydrogen-bond acceptors (Lipinski definition) is 1. The van der Waals surface area contributed by atoms with E-state index in [1.165, 1.54) is 31.2 Å². The Labute approximate surface area is 105 Å². The van der Waals surface area contributed by atoms with Gasteiger partial charge in [0.2, 0.25) is 0 Å². The van der Waals surface area contributed by atoms with Crippen LogP contribution in [0.3, 0.4) is 0 Å². The molecular weight excluding hydrogens is 264 g/mol. The molecule has 2 unspecified atom stereocenters. The number of aliphatic hydroxyl groups is 1. The molecule has 0 aliphatic heterocycles. The second-order valence-electron chi connectivity index (χ2n) is 5.31. The van der Waals surface area contributed by atoms with Gasteiger partial charge in [0.25, 0.3) is 0 Å². The molecule has 0 spiro atoms. The van der Waals surface area contributed by atoms with E-state index in [-0.39, 0.29) is 0 Å². The third-order valence-corrected chi connectivity index (χ3v) is 5.03. The first-order valence-electron chi connectivity index (χ1n) is 6.13. The van der Waals surface area contributed by atoms with Crippen molar-refractivity contribution in [2.45, 2.75) is 38.2 Å². The predicted octanol–water partition coefficient (Wildman–Crippen LogP) is 3.77. The summed E-state index contributed by atoms with van der Waals surface area (Å²) in [6.45, 7) is 2.09. The summed E-state index contributed by atoms with van der Waals surface area (Å²) in [7, 11) is 0. The molecule has 0 heterocycles. The quantitative estimate of drug-likeness (QED) is 0.831. The summed E-state index contributed by atoms with van der Waals surface area (Å²) in [5.41, 5.74) is 1.82. The van der Waals surface area contributed by atoms with E-state index in [4.69, 9.17) is 0 Å². The van der Waals surface area contributed by atoms with E-state index >= 15 is 0 Å². The Morgan fingerprint density at radius 3 is 2.50 bits per heavy atom. The first-order chi connectivity index (χ1) is 7.64. The van der Waals surface area contributed by atoms with Crippen molar-refractivity contribution in [1.82, 2.24) is 0 Å². The lowest BCUT2D eigenvalue weighted by atomic mass is 10.0. The van der Waals surface area contributed by atoms with E-state index in [2.05, 4.69) is 41.1 Å². The van der Waals surface area contributed by atoms with E-state index < -0.39 is 5.60 Å². The second-order valence-corrected chi connectivity index (χ2v) is 6.16. The fourth-order valence-corrected chi connectivity index (χ4v) is 4.00. The summed E-state index contributed by atoms with van der Waals surface area (Å²) in [5, 5.41) is 10.8. The first kappa shape index (κ1) is 10.8. The lowest BCUT2D eigenvalue weighted by Crippen LogP contribution is -2.11. The molecule has 0 radical (unpaired) electrons. The van der Waals surface area contributed by atoms with Crippen LogP contribution >= 0.6 is 15.9 Å². The van der Waals surface area contributed by atoms with Gasteiger partial charge in [-0.3, -0.25) is 0 Å². The largest absolute Gasteiger partial charge is 0.385 e. The third-order valence-electron chi connectivity index (χ3n) is 4.34. The molecule has 0 amide bonds. The highest BCUT2D eigenvalue weighted by atomic mass is 79.9. The van der Waals surface area contributed by atoms with Crippen LogP contribution in [0, 0.1) is 18.8 Å². The minimum Gasteiger partial charge on any atom is -0.385 e. The summed E-state index contributed by atoms with van der Waals surface area (Å²) in [4.78, 5) is 0. The van der Waals surface area contributed by atoms with Crippen molar-refractivity contribution < 1.29 is 5.11 Å². The van der Waals surface area contributed by atoms with Crippen molar-refractivity contribution >= 4 is 15.9 Å². The molecule has 86 valence electrons. The van der Waals surface area contributed by atoms with Gasteiger partial charge in [-0.15, -0.1) is 0 Å². The molecule has 2 fully saturated rings. The van der Waals surface area contributed by atoms with Crippen molar-refractivity contribution in [2.75, 3.05) is 0 Å². The molecule has 1 aromatic carbocycles. The zero-order valence-electron chi connectivity index (χ0n) is 9.54. The van der Waals surface area contributed by atoms with Gasteiger partial charge >= 0.3 is 0 Å². The van der Waals surface area contributed by atoms with Crippen molar-refractivity contribution in [1.29, 1.82) is 0 Å². The summed E-state index contributed by atoms with van der Waals surface area (Å²) in [5.74, 6) is 1.03. The van der Waals surface area contributed by atoms with Crippen LogP contribution in [0.25, 0.3) is 0 Å². The smallest absolute Gasteiger partial charge is 0.0971 e. The number of rotatable bonds is 1. The van der Waals surface area contributed by atoms with Gasteiger partial charge in [-0.05, 0) is 43.2 Å². The molecule has 1 aromatic rings.